The van der Waals surface area contributed by atoms with E-state index in [1.807, 2.05) is 0 Å². The molecular weight excluding hydrogens is 373 g/mol. The number of benzene rings is 1. The lowest BCUT2D eigenvalue weighted by molar-refractivity contribution is -0.119. The molecule has 2 fully saturated rings. The molecular formula is C17H22FN5O5. The highest BCUT2D eigenvalue weighted by molar-refractivity contribution is 5.90. The summed E-state index contributed by atoms with van der Waals surface area (Å²) in [5.41, 5.74) is 2.32. The van der Waals surface area contributed by atoms with Gasteiger partial charge in [0.15, 0.2) is 0 Å². The van der Waals surface area contributed by atoms with Gasteiger partial charge in [-0.3, -0.25) is 14.9 Å². The first-order valence-electron chi connectivity index (χ1n) is 8.85. The zero-order valence-corrected chi connectivity index (χ0v) is 15.4. The largest absolute Gasteiger partial charge is 0.442 e. The Bertz CT molecular complexity index is 768. The van der Waals surface area contributed by atoms with Gasteiger partial charge in [-0.05, 0) is 18.2 Å². The number of hydrogen-bond acceptors (Lipinski definition) is 6. The highest BCUT2D eigenvalue weighted by atomic mass is 19.1. The van der Waals surface area contributed by atoms with Crippen LogP contribution in [0.4, 0.5) is 25.4 Å². The molecule has 0 aromatic heterocycles. The van der Waals surface area contributed by atoms with Gasteiger partial charge in [0.1, 0.15) is 11.9 Å². The van der Waals surface area contributed by atoms with Crippen molar-refractivity contribution in [1.82, 2.24) is 15.7 Å². The molecule has 11 heteroatoms. The van der Waals surface area contributed by atoms with Gasteiger partial charge in [-0.25, -0.2) is 19.5 Å². The SMILES string of the molecule is CC(=O)NC[C@H]1CN(c2ccc(N3CCN(C(=O)NO)CC3)c(F)c2)C(=O)O1. The van der Waals surface area contributed by atoms with E-state index >= 15 is 0 Å². The summed E-state index contributed by atoms with van der Waals surface area (Å²) < 4.78 is 19.9. The van der Waals surface area contributed by atoms with Crippen molar-refractivity contribution in [3.8, 4) is 0 Å². The quantitative estimate of drug-likeness (QED) is 0.506. The molecule has 2 aliphatic rings. The van der Waals surface area contributed by atoms with Crippen LogP contribution >= 0.6 is 0 Å². The van der Waals surface area contributed by atoms with Crippen molar-refractivity contribution in [2.24, 2.45) is 0 Å². The number of halogens is 1. The Morgan fingerprint density at radius 2 is 2.00 bits per heavy atom. The molecule has 0 spiro atoms. The number of carbonyl (C=O) groups is 3. The topological polar surface area (TPSA) is 114 Å². The normalized spacial score (nSPS) is 19.5. The number of hydroxylamine groups is 1. The first-order chi connectivity index (χ1) is 13.4. The van der Waals surface area contributed by atoms with E-state index < -0.39 is 24.0 Å². The number of urea groups is 1. The predicted octanol–water partition coefficient (Wildman–Crippen LogP) is 0.508. The third kappa shape index (κ3) is 4.25. The molecule has 3 N–H and O–H groups in total. The molecule has 2 aliphatic heterocycles. The second-order valence-corrected chi connectivity index (χ2v) is 6.58. The lowest BCUT2D eigenvalue weighted by Gasteiger charge is -2.35. The van der Waals surface area contributed by atoms with Crippen molar-refractivity contribution in [3.63, 3.8) is 0 Å². The average molecular weight is 395 g/mol. The minimum Gasteiger partial charge on any atom is -0.442 e. The van der Waals surface area contributed by atoms with Crippen LogP contribution in [-0.2, 0) is 9.53 Å². The minimum atomic E-state index is -0.592. The highest BCUT2D eigenvalue weighted by Crippen LogP contribution is 2.28. The number of rotatable bonds is 4. The van der Waals surface area contributed by atoms with E-state index in [-0.39, 0.29) is 19.0 Å². The summed E-state index contributed by atoms with van der Waals surface area (Å²) in [5.74, 6) is -0.711. The third-order valence-electron chi connectivity index (χ3n) is 4.70. The Labute approximate surface area is 160 Å². The Morgan fingerprint density at radius 1 is 1.29 bits per heavy atom. The van der Waals surface area contributed by atoms with Gasteiger partial charge in [-0.15, -0.1) is 0 Å². The van der Waals surface area contributed by atoms with Gasteiger partial charge in [-0.2, -0.15) is 0 Å². The van der Waals surface area contributed by atoms with Crippen LogP contribution in [0.25, 0.3) is 0 Å². The number of ether oxygens (including phenoxy) is 1. The van der Waals surface area contributed by atoms with Crippen LogP contribution in [0.3, 0.4) is 0 Å². The highest BCUT2D eigenvalue weighted by Gasteiger charge is 2.33. The number of cyclic esters (lactones) is 1. The van der Waals surface area contributed by atoms with Crippen molar-refractivity contribution in [2.75, 3.05) is 49.1 Å². The summed E-state index contributed by atoms with van der Waals surface area (Å²) in [6.07, 6.45) is -1.09. The van der Waals surface area contributed by atoms with Crippen molar-refractivity contribution >= 4 is 29.4 Å². The maximum absolute atomic E-state index is 14.7. The maximum Gasteiger partial charge on any atom is 0.414 e. The van der Waals surface area contributed by atoms with Gasteiger partial charge >= 0.3 is 12.1 Å². The van der Waals surface area contributed by atoms with Crippen LogP contribution in [0.2, 0.25) is 0 Å². The summed E-state index contributed by atoms with van der Waals surface area (Å²) in [4.78, 5) is 39.0. The van der Waals surface area contributed by atoms with Gasteiger partial charge in [-0.1, -0.05) is 0 Å². The van der Waals surface area contributed by atoms with Crippen LogP contribution in [0.5, 0.6) is 0 Å². The molecule has 1 atom stereocenters. The molecule has 28 heavy (non-hydrogen) atoms. The molecule has 1 aromatic carbocycles. The summed E-state index contributed by atoms with van der Waals surface area (Å²) in [6, 6.07) is 3.90. The van der Waals surface area contributed by atoms with Crippen LogP contribution in [-0.4, -0.2) is 73.5 Å². The molecule has 0 unspecified atom stereocenters. The van der Waals surface area contributed by atoms with E-state index in [1.54, 1.807) is 22.5 Å². The number of anilines is 2. The van der Waals surface area contributed by atoms with E-state index in [2.05, 4.69) is 5.32 Å². The number of nitrogens with one attached hydrogen (secondary N) is 2. The molecule has 10 nitrogen and oxygen atoms in total. The number of piperazine rings is 1. The van der Waals surface area contributed by atoms with Crippen molar-refractivity contribution in [1.29, 1.82) is 0 Å². The minimum absolute atomic E-state index is 0.198. The first-order valence-corrected chi connectivity index (χ1v) is 8.85. The Morgan fingerprint density at radius 3 is 2.61 bits per heavy atom. The van der Waals surface area contributed by atoms with Crippen molar-refractivity contribution < 1.29 is 28.7 Å². The van der Waals surface area contributed by atoms with Crippen molar-refractivity contribution in [3.05, 3.63) is 24.0 Å². The van der Waals surface area contributed by atoms with E-state index in [1.165, 1.54) is 22.8 Å². The third-order valence-corrected chi connectivity index (χ3v) is 4.70. The monoisotopic (exact) mass is 395 g/mol. The molecule has 0 aliphatic carbocycles. The second-order valence-electron chi connectivity index (χ2n) is 6.58. The summed E-state index contributed by atoms with van der Waals surface area (Å²) in [5, 5.41) is 11.3. The fourth-order valence-corrected chi connectivity index (χ4v) is 3.24. The molecule has 1 aromatic rings. The van der Waals surface area contributed by atoms with Gasteiger partial charge in [0.05, 0.1) is 24.5 Å². The Kier molecular flexibility index (Phi) is 5.83. The van der Waals surface area contributed by atoms with Crippen molar-refractivity contribution in [2.45, 2.75) is 13.0 Å². The zero-order chi connectivity index (χ0) is 20.3. The van der Waals surface area contributed by atoms with Crippen LogP contribution in [0.1, 0.15) is 6.92 Å². The molecule has 4 amide bonds. The summed E-state index contributed by atoms with van der Waals surface area (Å²) in [7, 11) is 0. The lowest BCUT2D eigenvalue weighted by atomic mass is 10.2. The van der Waals surface area contributed by atoms with Gasteiger partial charge in [0.2, 0.25) is 5.91 Å². The molecule has 0 bridgehead atoms. The lowest BCUT2D eigenvalue weighted by Crippen LogP contribution is -2.51. The van der Waals surface area contributed by atoms with E-state index in [4.69, 9.17) is 9.94 Å². The smallest absolute Gasteiger partial charge is 0.414 e. The van der Waals surface area contributed by atoms with Gasteiger partial charge < -0.3 is 19.9 Å². The fraction of sp³-hybridized carbons (Fsp3) is 0.471. The maximum atomic E-state index is 14.7. The Balaban J connectivity index is 1.64. The number of hydrogen-bond donors (Lipinski definition) is 3. The van der Waals surface area contributed by atoms with Gasteiger partial charge in [0.25, 0.3) is 0 Å². The summed E-state index contributed by atoms with van der Waals surface area (Å²) >= 11 is 0. The number of amides is 4. The second kappa shape index (κ2) is 8.30. The average Bonchev–Trinajstić information content (AvgIpc) is 3.06. The number of carbonyl (C=O) groups excluding carboxylic acids is 3. The van der Waals surface area contributed by atoms with E-state index in [0.29, 0.717) is 37.6 Å². The van der Waals surface area contributed by atoms with Crippen LogP contribution in [0.15, 0.2) is 18.2 Å². The first kappa shape index (κ1) is 19.7. The summed E-state index contributed by atoms with van der Waals surface area (Å²) in [6.45, 7) is 3.30. The van der Waals surface area contributed by atoms with E-state index in [9.17, 15) is 18.8 Å². The van der Waals surface area contributed by atoms with Crippen LogP contribution in [0, 0.1) is 5.82 Å². The zero-order valence-electron chi connectivity index (χ0n) is 15.4. The van der Waals surface area contributed by atoms with Crippen LogP contribution < -0.4 is 20.6 Å². The van der Waals surface area contributed by atoms with E-state index in [0.717, 1.165) is 0 Å². The Hall–Kier alpha value is -3.08. The standard InChI is InChI=1S/C17H22FN5O5/c1-11(24)19-9-13-10-23(17(26)28-13)12-2-3-15(14(18)8-12)21-4-6-22(7-5-21)16(25)20-27/h2-3,8,13,27H,4-7,9-10H2,1H3,(H,19,24)(H,20,25)/t13-/m0/s1. The molecule has 0 radical (unpaired) electrons. The molecule has 0 saturated carbocycles. The fourth-order valence-electron chi connectivity index (χ4n) is 3.24. The molecule has 3 rings (SSSR count). The molecule has 152 valence electrons. The number of nitrogens with zero attached hydrogens (tertiary/aromatic N) is 3. The molecule has 2 saturated heterocycles. The van der Waals surface area contributed by atoms with Gasteiger partial charge in [0, 0.05) is 33.1 Å². The molecule has 2 heterocycles. The predicted molar refractivity (Wildman–Crippen MR) is 96.8 cm³/mol.